The summed E-state index contributed by atoms with van der Waals surface area (Å²) in [6.07, 6.45) is 0.694. The molecule has 5 nitrogen and oxygen atoms in total. The summed E-state index contributed by atoms with van der Waals surface area (Å²) in [6, 6.07) is 7.51. The van der Waals surface area contributed by atoms with E-state index < -0.39 is 0 Å². The first-order valence-corrected chi connectivity index (χ1v) is 5.86. The van der Waals surface area contributed by atoms with Crippen LogP contribution in [0.25, 0.3) is 0 Å². The number of halogens is 1. The van der Waals surface area contributed by atoms with Gasteiger partial charge in [-0.15, -0.1) is 10.2 Å². The summed E-state index contributed by atoms with van der Waals surface area (Å²) in [5.41, 5.74) is 1.06. The molecule has 94 valence electrons. The Balaban J connectivity index is 1.84. The molecule has 2 rings (SSSR count). The van der Waals surface area contributed by atoms with E-state index in [0.717, 1.165) is 5.56 Å². The van der Waals surface area contributed by atoms with Gasteiger partial charge in [0, 0.05) is 18.5 Å². The van der Waals surface area contributed by atoms with Crippen molar-refractivity contribution in [3.63, 3.8) is 0 Å². The molecule has 0 unspecified atom stereocenters. The molecule has 0 fully saturated rings. The molecule has 0 bridgehead atoms. The summed E-state index contributed by atoms with van der Waals surface area (Å²) >= 11 is 5.86. The van der Waals surface area contributed by atoms with Gasteiger partial charge in [-0.2, -0.15) is 0 Å². The van der Waals surface area contributed by atoms with Crippen LogP contribution in [0.15, 0.2) is 28.7 Å². The predicted octanol–water partition coefficient (Wildman–Crippen LogP) is 2.00. The number of rotatable bonds is 4. The SMILES string of the molecule is Cc1nnc(C(=O)NCCc2cccc(Cl)c2)o1. The lowest BCUT2D eigenvalue weighted by atomic mass is 10.1. The van der Waals surface area contributed by atoms with Crippen molar-refractivity contribution in [2.75, 3.05) is 6.54 Å². The van der Waals surface area contributed by atoms with E-state index in [1.807, 2.05) is 24.3 Å². The molecule has 1 aromatic carbocycles. The zero-order valence-corrected chi connectivity index (χ0v) is 10.6. The van der Waals surface area contributed by atoms with Crippen molar-refractivity contribution in [3.8, 4) is 0 Å². The summed E-state index contributed by atoms with van der Waals surface area (Å²) in [5, 5.41) is 10.6. The van der Waals surface area contributed by atoms with Crippen LogP contribution in [0.1, 0.15) is 22.1 Å². The van der Waals surface area contributed by atoms with Crippen LogP contribution >= 0.6 is 11.6 Å². The topological polar surface area (TPSA) is 68.0 Å². The third kappa shape index (κ3) is 3.30. The monoisotopic (exact) mass is 265 g/mol. The van der Waals surface area contributed by atoms with Gasteiger partial charge in [-0.05, 0) is 24.1 Å². The number of aryl methyl sites for hydroxylation is 1. The number of amides is 1. The maximum absolute atomic E-state index is 11.6. The zero-order chi connectivity index (χ0) is 13.0. The van der Waals surface area contributed by atoms with E-state index in [1.54, 1.807) is 6.92 Å². The molecule has 1 heterocycles. The molecule has 0 saturated heterocycles. The summed E-state index contributed by atoms with van der Waals surface area (Å²) in [4.78, 5) is 11.6. The predicted molar refractivity (Wildman–Crippen MR) is 66.5 cm³/mol. The quantitative estimate of drug-likeness (QED) is 0.918. The Bertz CT molecular complexity index is 554. The largest absolute Gasteiger partial charge is 0.417 e. The lowest BCUT2D eigenvalue weighted by molar-refractivity contribution is 0.0918. The number of aromatic nitrogens is 2. The van der Waals surface area contributed by atoms with Gasteiger partial charge in [0.05, 0.1) is 0 Å². The van der Waals surface area contributed by atoms with E-state index >= 15 is 0 Å². The molecular formula is C12H12ClN3O2. The fourth-order valence-electron chi connectivity index (χ4n) is 1.48. The highest BCUT2D eigenvalue weighted by molar-refractivity contribution is 6.30. The molecule has 0 aliphatic carbocycles. The molecule has 6 heteroatoms. The van der Waals surface area contributed by atoms with Crippen LogP contribution in [0.3, 0.4) is 0 Å². The van der Waals surface area contributed by atoms with Gasteiger partial charge >= 0.3 is 11.8 Å². The summed E-state index contributed by atoms with van der Waals surface area (Å²) < 4.78 is 5.01. The lowest BCUT2D eigenvalue weighted by Crippen LogP contribution is -2.26. The fourth-order valence-corrected chi connectivity index (χ4v) is 1.69. The number of nitrogens with zero attached hydrogens (tertiary/aromatic N) is 2. The van der Waals surface area contributed by atoms with Crippen LogP contribution in [0.2, 0.25) is 5.02 Å². The highest BCUT2D eigenvalue weighted by atomic mass is 35.5. The first kappa shape index (κ1) is 12.6. The van der Waals surface area contributed by atoms with Gasteiger partial charge in [0.15, 0.2) is 0 Å². The van der Waals surface area contributed by atoms with Crippen LogP contribution < -0.4 is 5.32 Å². The molecule has 0 saturated carbocycles. The van der Waals surface area contributed by atoms with Crippen LogP contribution in [-0.4, -0.2) is 22.6 Å². The molecule has 0 atom stereocenters. The average molecular weight is 266 g/mol. The van der Waals surface area contributed by atoms with Gasteiger partial charge < -0.3 is 9.73 Å². The fraction of sp³-hybridized carbons (Fsp3) is 0.250. The molecule has 1 amide bonds. The van der Waals surface area contributed by atoms with E-state index in [0.29, 0.717) is 23.9 Å². The Morgan fingerprint density at radius 1 is 1.44 bits per heavy atom. The summed E-state index contributed by atoms with van der Waals surface area (Å²) in [6.45, 7) is 2.12. The van der Waals surface area contributed by atoms with Crippen LogP contribution in [0, 0.1) is 6.92 Å². The zero-order valence-electron chi connectivity index (χ0n) is 9.81. The standard InChI is InChI=1S/C12H12ClN3O2/c1-8-15-16-12(18-8)11(17)14-6-5-9-3-2-4-10(13)7-9/h2-4,7H,5-6H2,1H3,(H,14,17). The van der Waals surface area contributed by atoms with E-state index in [9.17, 15) is 4.79 Å². The second-order valence-electron chi connectivity index (χ2n) is 3.76. The third-order valence-corrected chi connectivity index (χ3v) is 2.54. The maximum Gasteiger partial charge on any atom is 0.308 e. The van der Waals surface area contributed by atoms with Gasteiger partial charge in [0.25, 0.3) is 0 Å². The van der Waals surface area contributed by atoms with Crippen molar-refractivity contribution < 1.29 is 9.21 Å². The van der Waals surface area contributed by atoms with Crippen LogP contribution in [0.4, 0.5) is 0 Å². The molecule has 2 aromatic rings. The van der Waals surface area contributed by atoms with E-state index in [-0.39, 0.29) is 11.8 Å². The molecular weight excluding hydrogens is 254 g/mol. The lowest BCUT2D eigenvalue weighted by Gasteiger charge is -2.03. The Morgan fingerprint density at radius 3 is 2.94 bits per heavy atom. The van der Waals surface area contributed by atoms with Gasteiger partial charge in [-0.1, -0.05) is 23.7 Å². The van der Waals surface area contributed by atoms with E-state index in [2.05, 4.69) is 15.5 Å². The molecule has 0 aliphatic heterocycles. The molecule has 0 radical (unpaired) electrons. The van der Waals surface area contributed by atoms with Gasteiger partial charge in [0.1, 0.15) is 0 Å². The highest BCUT2D eigenvalue weighted by Gasteiger charge is 2.12. The third-order valence-electron chi connectivity index (χ3n) is 2.31. The average Bonchev–Trinajstić information content (AvgIpc) is 2.76. The van der Waals surface area contributed by atoms with Crippen molar-refractivity contribution in [2.24, 2.45) is 0 Å². The van der Waals surface area contributed by atoms with Crippen molar-refractivity contribution in [1.82, 2.24) is 15.5 Å². The molecule has 0 spiro atoms. The Hall–Kier alpha value is -1.88. The molecule has 0 aliphatic rings. The van der Waals surface area contributed by atoms with Crippen LogP contribution in [0.5, 0.6) is 0 Å². The second kappa shape index (κ2) is 5.64. The van der Waals surface area contributed by atoms with Crippen molar-refractivity contribution in [3.05, 3.63) is 46.6 Å². The van der Waals surface area contributed by atoms with Crippen LogP contribution in [-0.2, 0) is 6.42 Å². The first-order valence-electron chi connectivity index (χ1n) is 5.48. The molecule has 1 N–H and O–H groups in total. The number of hydrogen-bond acceptors (Lipinski definition) is 4. The van der Waals surface area contributed by atoms with Crippen molar-refractivity contribution in [2.45, 2.75) is 13.3 Å². The van der Waals surface area contributed by atoms with Gasteiger partial charge in [-0.3, -0.25) is 4.79 Å². The highest BCUT2D eigenvalue weighted by Crippen LogP contribution is 2.10. The Kier molecular flexibility index (Phi) is 3.94. The molecule has 18 heavy (non-hydrogen) atoms. The maximum atomic E-state index is 11.6. The minimum atomic E-state index is -0.363. The Morgan fingerprint density at radius 2 is 2.28 bits per heavy atom. The second-order valence-corrected chi connectivity index (χ2v) is 4.20. The number of carbonyl (C=O) groups excluding carboxylic acids is 1. The number of nitrogens with one attached hydrogen (secondary N) is 1. The normalized spacial score (nSPS) is 10.3. The Labute approximate surface area is 109 Å². The molecule has 1 aromatic heterocycles. The summed E-state index contributed by atoms with van der Waals surface area (Å²) in [7, 11) is 0. The van der Waals surface area contributed by atoms with E-state index in [4.69, 9.17) is 16.0 Å². The van der Waals surface area contributed by atoms with Gasteiger partial charge in [0.2, 0.25) is 5.89 Å². The minimum absolute atomic E-state index is 0.0152. The van der Waals surface area contributed by atoms with Crippen molar-refractivity contribution in [1.29, 1.82) is 0 Å². The van der Waals surface area contributed by atoms with Gasteiger partial charge in [-0.25, -0.2) is 0 Å². The number of hydrogen-bond donors (Lipinski definition) is 1. The van der Waals surface area contributed by atoms with Crippen molar-refractivity contribution >= 4 is 17.5 Å². The smallest absolute Gasteiger partial charge is 0.308 e. The first-order chi connectivity index (χ1) is 8.65. The number of benzene rings is 1. The summed E-state index contributed by atoms with van der Waals surface area (Å²) in [5.74, 6) is -0.00814. The van der Waals surface area contributed by atoms with E-state index in [1.165, 1.54) is 0 Å². The number of carbonyl (C=O) groups is 1. The minimum Gasteiger partial charge on any atom is -0.417 e.